The fraction of sp³-hybridized carbons (Fsp3) is 0.429. The van der Waals surface area contributed by atoms with Crippen LogP contribution in [0.4, 0.5) is 0 Å². The fourth-order valence-electron chi connectivity index (χ4n) is 1.61. The molecule has 0 aliphatic rings. The predicted molar refractivity (Wildman–Crippen MR) is 85.2 cm³/mol. The highest BCUT2D eigenvalue weighted by atomic mass is 32.2. The van der Waals surface area contributed by atoms with E-state index < -0.39 is 10.0 Å². The average molecular weight is 329 g/mol. The van der Waals surface area contributed by atoms with Crippen LogP contribution < -0.4 is 4.74 Å². The second-order valence-electron chi connectivity index (χ2n) is 4.14. The molecule has 0 saturated heterocycles. The Morgan fingerprint density at radius 3 is 2.71 bits per heavy atom. The molecule has 5 nitrogen and oxygen atoms in total. The molecule has 0 unspecified atom stereocenters. The summed E-state index contributed by atoms with van der Waals surface area (Å²) in [5, 5.41) is 8.72. The maximum absolute atomic E-state index is 12.6. The lowest BCUT2D eigenvalue weighted by Crippen LogP contribution is -2.29. The number of aliphatic hydroxyl groups is 1. The van der Waals surface area contributed by atoms with E-state index in [1.165, 1.54) is 24.5 Å². The van der Waals surface area contributed by atoms with Gasteiger partial charge >= 0.3 is 0 Å². The van der Waals surface area contributed by atoms with E-state index in [-0.39, 0.29) is 17.3 Å². The van der Waals surface area contributed by atoms with Crippen molar-refractivity contribution >= 4 is 21.8 Å². The van der Waals surface area contributed by atoms with Crippen molar-refractivity contribution in [3.8, 4) is 17.6 Å². The minimum atomic E-state index is -3.64. The lowest BCUT2D eigenvalue weighted by molar-refractivity contribution is 0.350. The maximum atomic E-state index is 12.6. The van der Waals surface area contributed by atoms with Gasteiger partial charge in [-0.3, -0.25) is 0 Å². The molecule has 0 aromatic heterocycles. The third-order valence-corrected chi connectivity index (χ3v) is 5.24. The van der Waals surface area contributed by atoms with Gasteiger partial charge in [0, 0.05) is 24.9 Å². The standard InChI is InChI=1S/C14H19NO4S2/c1-15(8-10-20-3)21(17,18)14-11-12(5-4-9-16)6-7-13(14)19-2/h6-7,11,16H,8-10H2,1-3H3. The molecule has 1 aromatic rings. The minimum absolute atomic E-state index is 0.0818. The topological polar surface area (TPSA) is 66.8 Å². The second-order valence-corrected chi connectivity index (χ2v) is 7.14. The third kappa shape index (κ3) is 4.64. The monoisotopic (exact) mass is 329 g/mol. The Bertz CT molecular complexity index is 632. The zero-order chi connectivity index (χ0) is 15.9. The van der Waals surface area contributed by atoms with Crippen molar-refractivity contribution in [3.05, 3.63) is 23.8 Å². The van der Waals surface area contributed by atoms with Crippen LogP contribution >= 0.6 is 11.8 Å². The highest BCUT2D eigenvalue weighted by Gasteiger charge is 2.24. The number of benzene rings is 1. The van der Waals surface area contributed by atoms with Crippen LogP contribution in [0.25, 0.3) is 0 Å². The molecule has 0 bridgehead atoms. The first-order chi connectivity index (χ1) is 9.97. The largest absolute Gasteiger partial charge is 0.495 e. The summed E-state index contributed by atoms with van der Waals surface area (Å²) in [6.07, 6.45) is 1.92. The summed E-state index contributed by atoms with van der Waals surface area (Å²) in [7, 11) is -0.672. The zero-order valence-corrected chi connectivity index (χ0v) is 13.9. The lowest BCUT2D eigenvalue weighted by atomic mass is 10.2. The van der Waals surface area contributed by atoms with Gasteiger partial charge in [0.15, 0.2) is 0 Å². The Balaban J connectivity index is 3.25. The molecule has 1 rings (SSSR count). The van der Waals surface area contributed by atoms with Gasteiger partial charge in [0.25, 0.3) is 0 Å². The van der Waals surface area contributed by atoms with Crippen molar-refractivity contribution < 1.29 is 18.3 Å². The molecule has 0 saturated carbocycles. The summed E-state index contributed by atoms with van der Waals surface area (Å²) in [5.41, 5.74) is 0.515. The van der Waals surface area contributed by atoms with Crippen molar-refractivity contribution in [2.75, 3.05) is 39.3 Å². The Morgan fingerprint density at radius 2 is 2.14 bits per heavy atom. The van der Waals surface area contributed by atoms with Gasteiger partial charge in [-0.05, 0) is 24.5 Å². The van der Waals surface area contributed by atoms with Crippen molar-refractivity contribution in [3.63, 3.8) is 0 Å². The molecule has 0 fully saturated rings. The minimum Gasteiger partial charge on any atom is -0.495 e. The van der Waals surface area contributed by atoms with Crippen molar-refractivity contribution in [1.29, 1.82) is 0 Å². The number of thioether (sulfide) groups is 1. The zero-order valence-electron chi connectivity index (χ0n) is 12.3. The molecule has 0 radical (unpaired) electrons. The molecule has 1 N–H and O–H groups in total. The van der Waals surface area contributed by atoms with E-state index >= 15 is 0 Å². The average Bonchev–Trinajstić information content (AvgIpc) is 2.50. The predicted octanol–water partition coefficient (Wildman–Crippen LogP) is 1.02. The summed E-state index contributed by atoms with van der Waals surface area (Å²) >= 11 is 1.58. The van der Waals surface area contributed by atoms with E-state index in [4.69, 9.17) is 9.84 Å². The Kier molecular flexibility index (Phi) is 7.05. The molecule has 21 heavy (non-hydrogen) atoms. The van der Waals surface area contributed by atoms with E-state index in [9.17, 15) is 8.42 Å². The summed E-state index contributed by atoms with van der Waals surface area (Å²) in [5.74, 6) is 6.18. The number of ether oxygens (including phenoxy) is 1. The van der Waals surface area contributed by atoms with E-state index in [1.54, 1.807) is 23.9 Å². The van der Waals surface area contributed by atoms with Crippen LogP contribution in [0.3, 0.4) is 0 Å². The normalized spacial score (nSPS) is 11.1. The maximum Gasteiger partial charge on any atom is 0.246 e. The van der Waals surface area contributed by atoms with Crippen LogP contribution in [0.1, 0.15) is 5.56 Å². The number of hydrogen-bond donors (Lipinski definition) is 1. The van der Waals surface area contributed by atoms with Gasteiger partial charge in [-0.15, -0.1) is 0 Å². The van der Waals surface area contributed by atoms with Crippen LogP contribution in [0.15, 0.2) is 23.1 Å². The van der Waals surface area contributed by atoms with Crippen LogP contribution in [-0.2, 0) is 10.0 Å². The molecule has 1 aromatic carbocycles. The Hall–Kier alpha value is -1.20. The van der Waals surface area contributed by atoms with E-state index in [1.807, 2.05) is 6.26 Å². The first-order valence-corrected chi connectivity index (χ1v) is 9.03. The SMILES string of the molecule is COc1ccc(C#CCO)cc1S(=O)(=O)N(C)CCSC. The van der Waals surface area contributed by atoms with Crippen LogP contribution in [0, 0.1) is 11.8 Å². The molecule has 0 amide bonds. The van der Waals surface area contributed by atoms with E-state index in [2.05, 4.69) is 11.8 Å². The number of methoxy groups -OCH3 is 1. The second kappa shape index (κ2) is 8.29. The summed E-state index contributed by atoms with van der Waals surface area (Å²) in [6.45, 7) is 0.140. The number of rotatable bonds is 6. The fourth-order valence-corrected chi connectivity index (χ4v) is 3.53. The lowest BCUT2D eigenvalue weighted by Gasteiger charge is -2.18. The van der Waals surface area contributed by atoms with E-state index in [0.717, 1.165) is 0 Å². The summed E-state index contributed by atoms with van der Waals surface area (Å²) in [6, 6.07) is 4.69. The molecule has 0 aliphatic heterocycles. The molecule has 7 heteroatoms. The van der Waals surface area contributed by atoms with Gasteiger partial charge in [-0.2, -0.15) is 16.1 Å². The summed E-state index contributed by atoms with van der Waals surface area (Å²) in [4.78, 5) is 0.0818. The molecular formula is C14H19NO4S2. The number of aliphatic hydroxyl groups excluding tert-OH is 1. The Labute approximate surface area is 130 Å². The molecule has 0 heterocycles. The molecule has 116 valence electrons. The molecule has 0 spiro atoms. The number of nitrogens with zero attached hydrogens (tertiary/aromatic N) is 1. The van der Waals surface area contributed by atoms with E-state index in [0.29, 0.717) is 17.9 Å². The number of sulfonamides is 1. The van der Waals surface area contributed by atoms with Gasteiger partial charge in [0.05, 0.1) is 7.11 Å². The third-order valence-electron chi connectivity index (χ3n) is 2.77. The molecule has 0 aliphatic carbocycles. The van der Waals surface area contributed by atoms with Gasteiger partial charge in [-0.25, -0.2) is 8.42 Å². The first kappa shape index (κ1) is 17.9. The molecular weight excluding hydrogens is 310 g/mol. The van der Waals surface area contributed by atoms with Crippen molar-refractivity contribution in [2.24, 2.45) is 0 Å². The smallest absolute Gasteiger partial charge is 0.246 e. The van der Waals surface area contributed by atoms with Crippen LogP contribution in [0.2, 0.25) is 0 Å². The summed E-state index contributed by atoms with van der Waals surface area (Å²) < 4.78 is 31.6. The van der Waals surface area contributed by atoms with Gasteiger partial charge in [0.2, 0.25) is 10.0 Å². The Morgan fingerprint density at radius 1 is 1.43 bits per heavy atom. The van der Waals surface area contributed by atoms with Crippen molar-refractivity contribution in [2.45, 2.75) is 4.90 Å². The first-order valence-electron chi connectivity index (χ1n) is 6.20. The van der Waals surface area contributed by atoms with Gasteiger partial charge in [-0.1, -0.05) is 11.8 Å². The highest BCUT2D eigenvalue weighted by molar-refractivity contribution is 7.98. The highest BCUT2D eigenvalue weighted by Crippen LogP contribution is 2.27. The van der Waals surface area contributed by atoms with Gasteiger partial charge in [0.1, 0.15) is 17.3 Å². The molecule has 0 atom stereocenters. The quantitative estimate of drug-likeness (QED) is 0.790. The van der Waals surface area contributed by atoms with Crippen molar-refractivity contribution in [1.82, 2.24) is 4.31 Å². The van der Waals surface area contributed by atoms with Crippen LogP contribution in [-0.4, -0.2) is 57.1 Å². The van der Waals surface area contributed by atoms with Gasteiger partial charge < -0.3 is 9.84 Å². The number of hydrogen-bond acceptors (Lipinski definition) is 5. The van der Waals surface area contributed by atoms with Crippen LogP contribution in [0.5, 0.6) is 5.75 Å².